The van der Waals surface area contributed by atoms with Gasteiger partial charge < -0.3 is 15.4 Å². The molecule has 1 fully saturated rings. The Morgan fingerprint density at radius 1 is 1.10 bits per heavy atom. The maximum Gasteiger partial charge on any atom is 0.313 e. The third-order valence-corrected chi connectivity index (χ3v) is 4.76. The predicted molar refractivity (Wildman–Crippen MR) is 109 cm³/mol. The first-order valence-electron chi connectivity index (χ1n) is 9.64. The Morgan fingerprint density at radius 2 is 1.86 bits per heavy atom. The Kier molecular flexibility index (Phi) is 7.34. The highest BCUT2D eigenvalue weighted by atomic mass is 16.5. The van der Waals surface area contributed by atoms with Crippen molar-refractivity contribution in [2.75, 3.05) is 38.1 Å². The van der Waals surface area contributed by atoms with Gasteiger partial charge in [-0.2, -0.15) is 5.26 Å². The van der Waals surface area contributed by atoms with Crippen LogP contribution in [0.5, 0.6) is 0 Å². The zero-order chi connectivity index (χ0) is 20.5. The van der Waals surface area contributed by atoms with Crippen LogP contribution in [0, 0.1) is 11.3 Å². The van der Waals surface area contributed by atoms with E-state index in [1.165, 1.54) is 5.56 Å². The van der Waals surface area contributed by atoms with Crippen molar-refractivity contribution in [2.24, 2.45) is 0 Å². The number of rotatable bonds is 6. The normalized spacial score (nSPS) is 16.6. The van der Waals surface area contributed by atoms with Crippen LogP contribution in [0.15, 0.2) is 54.6 Å². The quantitative estimate of drug-likeness (QED) is 0.580. The van der Waals surface area contributed by atoms with E-state index in [9.17, 15) is 9.59 Å². The number of para-hydroxylation sites is 1. The number of anilines is 1. The lowest BCUT2D eigenvalue weighted by Gasteiger charge is -2.33. The number of nitrogens with zero attached hydrogens (tertiary/aromatic N) is 2. The minimum atomic E-state index is -0.775. The summed E-state index contributed by atoms with van der Waals surface area (Å²) in [6, 6.07) is 18.7. The Balaban J connectivity index is 1.39. The molecule has 7 nitrogen and oxygen atoms in total. The van der Waals surface area contributed by atoms with Crippen LogP contribution < -0.4 is 10.6 Å². The highest BCUT2D eigenvalue weighted by molar-refractivity contribution is 6.39. The highest BCUT2D eigenvalue weighted by Crippen LogP contribution is 2.21. The molecule has 1 aliphatic heterocycles. The first kappa shape index (κ1) is 20.5. The number of benzene rings is 2. The van der Waals surface area contributed by atoms with E-state index >= 15 is 0 Å². The molecule has 1 saturated heterocycles. The van der Waals surface area contributed by atoms with Crippen LogP contribution in [-0.2, 0) is 14.3 Å². The van der Waals surface area contributed by atoms with Crippen LogP contribution in [-0.4, -0.2) is 49.5 Å². The smallest absolute Gasteiger partial charge is 0.313 e. The summed E-state index contributed by atoms with van der Waals surface area (Å²) in [5.41, 5.74) is 1.81. The summed E-state index contributed by atoms with van der Waals surface area (Å²) >= 11 is 0. The van der Waals surface area contributed by atoms with Gasteiger partial charge in [0.15, 0.2) is 0 Å². The number of nitrogens with one attached hydrogen (secondary N) is 2. The fourth-order valence-corrected chi connectivity index (χ4v) is 3.23. The summed E-state index contributed by atoms with van der Waals surface area (Å²) in [5.74, 6) is -1.48. The van der Waals surface area contributed by atoms with Gasteiger partial charge in [0.2, 0.25) is 0 Å². The fourth-order valence-electron chi connectivity index (χ4n) is 3.23. The number of amides is 2. The zero-order valence-electron chi connectivity index (χ0n) is 16.1. The first-order chi connectivity index (χ1) is 14.2. The highest BCUT2D eigenvalue weighted by Gasteiger charge is 2.21. The fraction of sp³-hybridized carbons (Fsp3) is 0.318. The second-order valence-corrected chi connectivity index (χ2v) is 6.79. The number of nitriles is 1. The molecule has 29 heavy (non-hydrogen) atoms. The van der Waals surface area contributed by atoms with E-state index in [2.05, 4.69) is 27.7 Å². The Labute approximate surface area is 170 Å². The Bertz CT molecular complexity index is 879. The molecule has 0 bridgehead atoms. The summed E-state index contributed by atoms with van der Waals surface area (Å²) in [7, 11) is 0. The standard InChI is InChI=1S/C22H24N4O3/c23-15-18-9-4-5-10-19(18)25-22(28)21(27)24-11-6-12-26-13-14-29-20(16-26)17-7-2-1-3-8-17/h1-5,7-10,20H,6,11-14,16H2,(H,24,27)(H,25,28)/t20-/m0/s1. The van der Waals surface area contributed by atoms with E-state index < -0.39 is 11.8 Å². The predicted octanol–water partition coefficient (Wildman–Crippen LogP) is 2.08. The van der Waals surface area contributed by atoms with Crippen LogP contribution in [0.25, 0.3) is 0 Å². The van der Waals surface area contributed by atoms with E-state index in [1.54, 1.807) is 24.3 Å². The first-order valence-corrected chi connectivity index (χ1v) is 9.64. The monoisotopic (exact) mass is 392 g/mol. The van der Waals surface area contributed by atoms with Crippen LogP contribution in [0.3, 0.4) is 0 Å². The molecule has 2 amide bonds. The number of ether oxygens (including phenoxy) is 1. The molecule has 1 heterocycles. The Morgan fingerprint density at radius 3 is 2.66 bits per heavy atom. The second-order valence-electron chi connectivity index (χ2n) is 6.79. The van der Waals surface area contributed by atoms with Crippen molar-refractivity contribution in [3.05, 3.63) is 65.7 Å². The summed E-state index contributed by atoms with van der Waals surface area (Å²) < 4.78 is 5.86. The van der Waals surface area contributed by atoms with Crippen molar-refractivity contribution < 1.29 is 14.3 Å². The average Bonchev–Trinajstić information content (AvgIpc) is 2.77. The average molecular weight is 392 g/mol. The molecule has 0 aliphatic carbocycles. The van der Waals surface area contributed by atoms with Crippen LogP contribution in [0.1, 0.15) is 23.7 Å². The molecule has 0 unspecified atom stereocenters. The number of hydrogen-bond acceptors (Lipinski definition) is 5. The minimum Gasteiger partial charge on any atom is -0.371 e. The summed E-state index contributed by atoms with van der Waals surface area (Å²) in [6.07, 6.45) is 0.792. The lowest BCUT2D eigenvalue weighted by atomic mass is 10.1. The van der Waals surface area contributed by atoms with Gasteiger partial charge in [-0.1, -0.05) is 42.5 Å². The SMILES string of the molecule is N#Cc1ccccc1NC(=O)C(=O)NCCCN1CCO[C@H](c2ccccc2)C1. The van der Waals surface area contributed by atoms with Crippen molar-refractivity contribution in [3.8, 4) is 6.07 Å². The number of morpholine rings is 1. The number of carbonyl (C=O) groups is 2. The molecule has 0 radical (unpaired) electrons. The maximum absolute atomic E-state index is 12.0. The molecule has 2 aromatic carbocycles. The lowest BCUT2D eigenvalue weighted by Crippen LogP contribution is -2.41. The topological polar surface area (TPSA) is 94.5 Å². The van der Waals surface area contributed by atoms with Gasteiger partial charge in [0.25, 0.3) is 0 Å². The molecule has 1 aliphatic rings. The maximum atomic E-state index is 12.0. The van der Waals surface area contributed by atoms with Crippen molar-refractivity contribution in [2.45, 2.75) is 12.5 Å². The van der Waals surface area contributed by atoms with Gasteiger partial charge in [0.1, 0.15) is 6.07 Å². The van der Waals surface area contributed by atoms with Gasteiger partial charge in [-0.3, -0.25) is 14.5 Å². The van der Waals surface area contributed by atoms with Crippen molar-refractivity contribution in [1.29, 1.82) is 5.26 Å². The van der Waals surface area contributed by atoms with Crippen molar-refractivity contribution >= 4 is 17.5 Å². The van der Waals surface area contributed by atoms with E-state index in [0.29, 0.717) is 24.4 Å². The van der Waals surface area contributed by atoms with Gasteiger partial charge in [-0.05, 0) is 24.1 Å². The largest absolute Gasteiger partial charge is 0.371 e. The minimum absolute atomic E-state index is 0.0607. The van der Waals surface area contributed by atoms with Crippen LogP contribution >= 0.6 is 0 Å². The lowest BCUT2D eigenvalue weighted by molar-refractivity contribution is -0.136. The molecule has 3 rings (SSSR count). The molecule has 0 aromatic heterocycles. The third-order valence-electron chi connectivity index (χ3n) is 4.76. The molecule has 1 atom stereocenters. The van der Waals surface area contributed by atoms with Gasteiger partial charge in [-0.25, -0.2) is 0 Å². The molecular weight excluding hydrogens is 368 g/mol. The molecule has 150 valence electrons. The van der Waals surface area contributed by atoms with Gasteiger partial charge >= 0.3 is 11.8 Å². The van der Waals surface area contributed by atoms with Crippen molar-refractivity contribution in [1.82, 2.24) is 10.2 Å². The van der Waals surface area contributed by atoms with E-state index in [0.717, 1.165) is 26.1 Å². The van der Waals surface area contributed by atoms with Crippen LogP contribution in [0.4, 0.5) is 5.69 Å². The zero-order valence-corrected chi connectivity index (χ0v) is 16.1. The van der Waals surface area contributed by atoms with E-state index in [1.807, 2.05) is 24.3 Å². The second kappa shape index (κ2) is 10.4. The molecule has 2 aromatic rings. The van der Waals surface area contributed by atoms with Gasteiger partial charge in [0, 0.05) is 26.2 Å². The number of hydrogen-bond donors (Lipinski definition) is 2. The number of carbonyl (C=O) groups excluding carboxylic acids is 2. The molecule has 2 N–H and O–H groups in total. The summed E-state index contributed by atoms with van der Waals surface area (Å²) in [5, 5.41) is 14.1. The molecular formula is C22H24N4O3. The molecule has 0 spiro atoms. The summed E-state index contributed by atoms with van der Waals surface area (Å²) in [6.45, 7) is 3.55. The van der Waals surface area contributed by atoms with Gasteiger partial charge in [0.05, 0.1) is 24.0 Å². The van der Waals surface area contributed by atoms with Crippen molar-refractivity contribution in [3.63, 3.8) is 0 Å². The molecule has 7 heteroatoms. The molecule has 0 saturated carbocycles. The van der Waals surface area contributed by atoms with E-state index in [-0.39, 0.29) is 6.10 Å². The Hall–Kier alpha value is -3.21. The summed E-state index contributed by atoms with van der Waals surface area (Å²) in [4.78, 5) is 26.3. The van der Waals surface area contributed by atoms with Gasteiger partial charge in [-0.15, -0.1) is 0 Å². The van der Waals surface area contributed by atoms with E-state index in [4.69, 9.17) is 10.00 Å². The third kappa shape index (κ3) is 5.88. The van der Waals surface area contributed by atoms with Crippen LogP contribution in [0.2, 0.25) is 0 Å².